The van der Waals surface area contributed by atoms with E-state index < -0.39 is 6.03 Å². The van der Waals surface area contributed by atoms with Crippen LogP contribution >= 0.6 is 0 Å². The summed E-state index contributed by atoms with van der Waals surface area (Å²) in [7, 11) is 0. The maximum atomic E-state index is 12.3. The van der Waals surface area contributed by atoms with Gasteiger partial charge >= 0.3 is 6.03 Å². The van der Waals surface area contributed by atoms with Gasteiger partial charge in [-0.15, -0.1) is 0 Å². The number of nitrogens with zero attached hydrogens (tertiary/aromatic N) is 1. The van der Waals surface area contributed by atoms with E-state index in [2.05, 4.69) is 5.32 Å². The molecule has 0 aliphatic carbocycles. The molecule has 0 fully saturated rings. The Labute approximate surface area is 129 Å². The molecule has 0 saturated carbocycles. The number of anilines is 2. The Hall–Kier alpha value is -2.82. The molecule has 0 heterocycles. The maximum Gasteiger partial charge on any atom is 0.329 e. The fourth-order valence-electron chi connectivity index (χ4n) is 2.12. The third-order valence-corrected chi connectivity index (χ3v) is 3.36. The minimum absolute atomic E-state index is 0.355. The van der Waals surface area contributed by atoms with Gasteiger partial charge in [-0.25, -0.2) is 9.69 Å². The Balaban J connectivity index is 2.12. The van der Waals surface area contributed by atoms with Crippen molar-refractivity contribution in [3.8, 4) is 0 Å². The van der Waals surface area contributed by atoms with E-state index in [-0.39, 0.29) is 5.91 Å². The molecule has 2 rings (SSSR count). The van der Waals surface area contributed by atoms with Crippen molar-refractivity contribution in [3.63, 3.8) is 0 Å². The monoisotopic (exact) mass is 297 g/mol. The van der Waals surface area contributed by atoms with E-state index in [9.17, 15) is 9.59 Å². The van der Waals surface area contributed by atoms with Crippen LogP contribution in [0.2, 0.25) is 0 Å². The quantitative estimate of drug-likeness (QED) is 0.855. The van der Waals surface area contributed by atoms with E-state index in [1.54, 1.807) is 24.3 Å². The van der Waals surface area contributed by atoms with Crippen LogP contribution in [0.4, 0.5) is 16.2 Å². The second-order valence-electron chi connectivity index (χ2n) is 5.03. The van der Waals surface area contributed by atoms with Gasteiger partial charge in [0.05, 0.1) is 5.69 Å². The van der Waals surface area contributed by atoms with Gasteiger partial charge in [0.1, 0.15) is 0 Å². The zero-order valence-corrected chi connectivity index (χ0v) is 12.7. The number of nitrogen functional groups attached to an aromatic ring is 1. The van der Waals surface area contributed by atoms with Crippen molar-refractivity contribution < 1.29 is 9.59 Å². The highest BCUT2D eigenvalue weighted by Gasteiger charge is 2.19. The van der Waals surface area contributed by atoms with Gasteiger partial charge in [0.25, 0.3) is 0 Å². The number of carbonyl (C=O) groups excluding carboxylic acids is 2. The number of amides is 3. The Morgan fingerprint density at radius 1 is 1.09 bits per heavy atom. The van der Waals surface area contributed by atoms with Crippen LogP contribution in [0.1, 0.15) is 18.1 Å². The first kappa shape index (κ1) is 15.6. The van der Waals surface area contributed by atoms with Gasteiger partial charge in [-0.2, -0.15) is 0 Å². The molecule has 0 aliphatic heterocycles. The predicted molar refractivity (Wildman–Crippen MR) is 87.4 cm³/mol. The van der Waals surface area contributed by atoms with Crippen LogP contribution in [-0.4, -0.2) is 11.9 Å². The molecular weight excluding hydrogens is 278 g/mol. The maximum absolute atomic E-state index is 12.3. The molecule has 0 atom stereocenters. The largest absolute Gasteiger partial charge is 0.399 e. The molecule has 5 heteroatoms. The number of benzene rings is 2. The van der Waals surface area contributed by atoms with Gasteiger partial charge in [0.2, 0.25) is 5.91 Å². The molecule has 3 amide bonds. The van der Waals surface area contributed by atoms with Crippen molar-refractivity contribution in [1.82, 2.24) is 5.32 Å². The summed E-state index contributed by atoms with van der Waals surface area (Å²) in [5.41, 5.74) is 8.79. The second-order valence-corrected chi connectivity index (χ2v) is 5.03. The van der Waals surface area contributed by atoms with Gasteiger partial charge < -0.3 is 11.1 Å². The van der Waals surface area contributed by atoms with Crippen LogP contribution < -0.4 is 16.0 Å². The Morgan fingerprint density at radius 2 is 1.73 bits per heavy atom. The molecule has 0 aromatic heterocycles. The molecule has 22 heavy (non-hydrogen) atoms. The Morgan fingerprint density at radius 3 is 2.32 bits per heavy atom. The minimum Gasteiger partial charge on any atom is -0.399 e. The first-order valence-corrected chi connectivity index (χ1v) is 6.97. The Kier molecular flexibility index (Phi) is 4.78. The molecule has 3 N–H and O–H groups in total. The minimum atomic E-state index is -0.458. The number of imide groups is 1. The highest BCUT2D eigenvalue weighted by Crippen LogP contribution is 2.17. The lowest BCUT2D eigenvalue weighted by molar-refractivity contribution is -0.115. The first-order chi connectivity index (χ1) is 10.5. The fourth-order valence-corrected chi connectivity index (χ4v) is 2.12. The number of urea groups is 1. The number of hydrogen-bond donors (Lipinski definition) is 2. The number of hydrogen-bond acceptors (Lipinski definition) is 3. The van der Waals surface area contributed by atoms with E-state index in [4.69, 9.17) is 5.73 Å². The van der Waals surface area contributed by atoms with Crippen LogP contribution in [0.25, 0.3) is 0 Å². The fraction of sp³-hybridized carbons (Fsp3) is 0.176. The molecule has 0 radical (unpaired) electrons. The molecule has 0 bridgehead atoms. The van der Waals surface area contributed by atoms with Gasteiger partial charge in [-0.3, -0.25) is 4.79 Å². The zero-order valence-electron chi connectivity index (χ0n) is 12.7. The first-order valence-electron chi connectivity index (χ1n) is 6.97. The van der Waals surface area contributed by atoms with Crippen LogP contribution in [0.3, 0.4) is 0 Å². The van der Waals surface area contributed by atoms with Gasteiger partial charge in [0.15, 0.2) is 0 Å². The van der Waals surface area contributed by atoms with E-state index in [0.29, 0.717) is 17.9 Å². The molecule has 0 aliphatic rings. The molecule has 114 valence electrons. The molecule has 2 aromatic rings. The number of rotatable bonds is 3. The molecule has 2 aromatic carbocycles. The van der Waals surface area contributed by atoms with Crippen LogP contribution in [-0.2, 0) is 11.3 Å². The molecule has 0 saturated heterocycles. The van der Waals surface area contributed by atoms with Crippen LogP contribution in [0.5, 0.6) is 0 Å². The SMILES string of the molecule is CC(=O)N(C(=O)NCc1ccccc1C)c1ccc(N)cc1. The van der Waals surface area contributed by atoms with E-state index in [1.165, 1.54) is 6.92 Å². The summed E-state index contributed by atoms with van der Waals surface area (Å²) in [5.74, 6) is -0.355. The zero-order chi connectivity index (χ0) is 16.1. The number of nitrogens with two attached hydrogens (primary N) is 1. The van der Waals surface area contributed by atoms with E-state index in [0.717, 1.165) is 16.0 Å². The van der Waals surface area contributed by atoms with Crippen LogP contribution in [0.15, 0.2) is 48.5 Å². The summed E-state index contributed by atoms with van der Waals surface area (Å²) >= 11 is 0. The second kappa shape index (κ2) is 6.76. The lowest BCUT2D eigenvalue weighted by Crippen LogP contribution is -2.42. The van der Waals surface area contributed by atoms with Crippen molar-refractivity contribution >= 4 is 23.3 Å². The molecule has 0 unspecified atom stereocenters. The average Bonchev–Trinajstić information content (AvgIpc) is 2.48. The molecule has 5 nitrogen and oxygen atoms in total. The van der Waals surface area contributed by atoms with Crippen molar-refractivity contribution in [2.24, 2.45) is 0 Å². The lowest BCUT2D eigenvalue weighted by Gasteiger charge is -2.20. The highest BCUT2D eigenvalue weighted by atomic mass is 16.2. The van der Waals surface area contributed by atoms with Gasteiger partial charge in [-0.05, 0) is 42.3 Å². The van der Waals surface area contributed by atoms with Crippen molar-refractivity contribution in [1.29, 1.82) is 0 Å². The third kappa shape index (κ3) is 3.63. The normalized spacial score (nSPS) is 10.1. The summed E-state index contributed by atoms with van der Waals surface area (Å²) in [5, 5.41) is 2.77. The van der Waals surface area contributed by atoms with E-state index in [1.807, 2.05) is 31.2 Å². The summed E-state index contributed by atoms with van der Waals surface area (Å²) in [4.78, 5) is 25.2. The topological polar surface area (TPSA) is 75.4 Å². The standard InChI is InChI=1S/C17H19N3O2/c1-12-5-3-4-6-14(12)11-19-17(22)20(13(2)21)16-9-7-15(18)8-10-16/h3-10H,11,18H2,1-2H3,(H,19,22). The van der Waals surface area contributed by atoms with Gasteiger partial charge in [0, 0.05) is 19.2 Å². The van der Waals surface area contributed by atoms with Crippen LogP contribution in [0, 0.1) is 6.92 Å². The molecule has 0 spiro atoms. The number of nitrogens with one attached hydrogen (secondary N) is 1. The lowest BCUT2D eigenvalue weighted by atomic mass is 10.1. The van der Waals surface area contributed by atoms with Gasteiger partial charge in [-0.1, -0.05) is 24.3 Å². The predicted octanol–water partition coefficient (Wildman–Crippen LogP) is 2.84. The Bertz CT molecular complexity index is 681. The van der Waals surface area contributed by atoms with Crippen molar-refractivity contribution in [3.05, 3.63) is 59.7 Å². The summed E-state index contributed by atoms with van der Waals surface area (Å²) < 4.78 is 0. The van der Waals surface area contributed by atoms with E-state index >= 15 is 0 Å². The highest BCUT2D eigenvalue weighted by molar-refractivity contribution is 6.13. The third-order valence-electron chi connectivity index (χ3n) is 3.36. The number of carbonyl (C=O) groups is 2. The number of aryl methyl sites for hydroxylation is 1. The summed E-state index contributed by atoms with van der Waals surface area (Å²) in [6, 6.07) is 13.9. The smallest absolute Gasteiger partial charge is 0.329 e. The summed E-state index contributed by atoms with van der Waals surface area (Å²) in [6.45, 7) is 3.69. The van der Waals surface area contributed by atoms with Crippen molar-refractivity contribution in [2.75, 3.05) is 10.6 Å². The molecular formula is C17H19N3O2. The summed E-state index contributed by atoms with van der Waals surface area (Å²) in [6.07, 6.45) is 0. The average molecular weight is 297 g/mol. The van der Waals surface area contributed by atoms with Crippen molar-refractivity contribution in [2.45, 2.75) is 20.4 Å².